The number of benzene rings is 1. The monoisotopic (exact) mass is 321 g/mol. The Bertz CT molecular complexity index is 378. The molecule has 0 aliphatic rings. The molecule has 0 saturated carbocycles. The molecule has 1 aromatic carbocycles. The van der Waals surface area contributed by atoms with Gasteiger partial charge in [0.15, 0.2) is 0 Å². The Hall–Kier alpha value is -0.610. The molecule has 5 heteroatoms. The fourth-order valence-electron chi connectivity index (χ4n) is 1.39. The maximum atomic E-state index is 13.4. The van der Waals surface area contributed by atoms with E-state index in [9.17, 15) is 9.18 Å². The summed E-state index contributed by atoms with van der Waals surface area (Å²) < 4.78 is 13.9. The van der Waals surface area contributed by atoms with Crippen molar-refractivity contribution >= 4 is 33.4 Å². The molecule has 1 N–H and O–H groups in total. The normalized spacial score (nSPS) is 12.2. The molecule has 0 saturated heterocycles. The van der Waals surface area contributed by atoms with Crippen LogP contribution >= 0.6 is 27.5 Å². The lowest BCUT2D eigenvalue weighted by Gasteiger charge is -2.08. The van der Waals surface area contributed by atoms with Crippen LogP contribution in [0.25, 0.3) is 0 Å². The van der Waals surface area contributed by atoms with E-state index >= 15 is 0 Å². The van der Waals surface area contributed by atoms with E-state index in [0.717, 1.165) is 12.8 Å². The smallest absolute Gasteiger partial charge is 0.255 e. The van der Waals surface area contributed by atoms with Crippen LogP contribution in [0.1, 0.15) is 30.1 Å². The standard InChI is InChI=1S/C12H14BrClFNO/c1-8(14)4-3-7-16-12(17)11-9(13)5-2-6-10(11)15/h2,5-6,8H,3-4,7H2,1H3,(H,16,17). The summed E-state index contributed by atoms with van der Waals surface area (Å²) in [6, 6.07) is 4.45. The molecule has 0 aliphatic heterocycles. The molecule has 2 nitrogen and oxygen atoms in total. The first-order chi connectivity index (χ1) is 8.02. The number of amides is 1. The second kappa shape index (κ2) is 6.97. The Morgan fingerprint density at radius 1 is 1.59 bits per heavy atom. The topological polar surface area (TPSA) is 29.1 Å². The zero-order valence-electron chi connectivity index (χ0n) is 9.47. The van der Waals surface area contributed by atoms with Crippen LogP contribution in [0.3, 0.4) is 0 Å². The van der Waals surface area contributed by atoms with Gasteiger partial charge < -0.3 is 5.32 Å². The molecule has 0 aromatic heterocycles. The van der Waals surface area contributed by atoms with Crippen LogP contribution < -0.4 is 5.32 Å². The molecule has 0 aliphatic carbocycles. The van der Waals surface area contributed by atoms with Crippen LogP contribution in [-0.4, -0.2) is 17.8 Å². The molecule has 0 heterocycles. The molecule has 1 amide bonds. The number of nitrogens with one attached hydrogen (secondary N) is 1. The number of alkyl halides is 1. The van der Waals surface area contributed by atoms with Crippen molar-refractivity contribution < 1.29 is 9.18 Å². The molecule has 1 unspecified atom stereocenters. The summed E-state index contributed by atoms with van der Waals surface area (Å²) in [7, 11) is 0. The van der Waals surface area contributed by atoms with Gasteiger partial charge >= 0.3 is 0 Å². The summed E-state index contributed by atoms with van der Waals surface area (Å²) in [4.78, 5) is 11.7. The molecule has 17 heavy (non-hydrogen) atoms. The molecule has 0 bridgehead atoms. The lowest BCUT2D eigenvalue weighted by atomic mass is 10.2. The zero-order valence-corrected chi connectivity index (χ0v) is 11.8. The van der Waals surface area contributed by atoms with Crippen LogP contribution in [0.2, 0.25) is 0 Å². The van der Waals surface area contributed by atoms with Gasteiger partial charge in [-0.15, -0.1) is 11.6 Å². The van der Waals surface area contributed by atoms with Gasteiger partial charge in [-0.2, -0.15) is 0 Å². The molecule has 94 valence electrons. The van der Waals surface area contributed by atoms with Crippen molar-refractivity contribution in [2.45, 2.75) is 25.1 Å². The van der Waals surface area contributed by atoms with Crippen LogP contribution in [0, 0.1) is 5.82 Å². The van der Waals surface area contributed by atoms with Gasteiger partial charge in [-0.05, 0) is 47.8 Å². The molecule has 0 spiro atoms. The summed E-state index contributed by atoms with van der Waals surface area (Å²) in [5.41, 5.74) is 0.0476. The first-order valence-corrected chi connectivity index (χ1v) is 6.61. The van der Waals surface area contributed by atoms with Crippen LogP contribution in [0.15, 0.2) is 22.7 Å². The molecule has 1 atom stereocenters. The Kier molecular flexibility index (Phi) is 5.92. The third-order valence-corrected chi connectivity index (χ3v) is 3.13. The second-order valence-electron chi connectivity index (χ2n) is 3.78. The number of hydrogen-bond donors (Lipinski definition) is 1. The fraction of sp³-hybridized carbons (Fsp3) is 0.417. The van der Waals surface area contributed by atoms with E-state index in [0.29, 0.717) is 11.0 Å². The van der Waals surface area contributed by atoms with Crippen molar-refractivity contribution in [2.24, 2.45) is 0 Å². The Morgan fingerprint density at radius 2 is 2.29 bits per heavy atom. The highest BCUT2D eigenvalue weighted by molar-refractivity contribution is 9.10. The predicted octanol–water partition coefficient (Wildman–Crippen LogP) is 3.73. The summed E-state index contributed by atoms with van der Waals surface area (Å²) in [6.45, 7) is 2.40. The molecule has 1 rings (SSSR count). The lowest BCUT2D eigenvalue weighted by molar-refractivity contribution is 0.0948. The van der Waals surface area contributed by atoms with Gasteiger partial charge in [0.2, 0.25) is 0 Å². The minimum Gasteiger partial charge on any atom is -0.352 e. The quantitative estimate of drug-likeness (QED) is 0.649. The zero-order chi connectivity index (χ0) is 12.8. The van der Waals surface area contributed by atoms with Gasteiger partial charge in [-0.3, -0.25) is 4.79 Å². The van der Waals surface area contributed by atoms with E-state index in [1.54, 1.807) is 12.1 Å². The summed E-state index contributed by atoms with van der Waals surface area (Å²) >= 11 is 8.94. The molecular formula is C12H14BrClFNO. The van der Waals surface area contributed by atoms with Crippen molar-refractivity contribution in [2.75, 3.05) is 6.54 Å². The van der Waals surface area contributed by atoms with Crippen molar-refractivity contribution in [1.82, 2.24) is 5.32 Å². The highest BCUT2D eigenvalue weighted by Gasteiger charge is 2.14. The van der Waals surface area contributed by atoms with Crippen LogP contribution in [0.4, 0.5) is 4.39 Å². The average molecular weight is 323 g/mol. The maximum Gasteiger partial charge on any atom is 0.255 e. The summed E-state index contributed by atoms with van der Waals surface area (Å²) in [5, 5.41) is 2.76. The van der Waals surface area contributed by atoms with Gasteiger partial charge in [0.1, 0.15) is 5.82 Å². The Balaban J connectivity index is 2.53. The van der Waals surface area contributed by atoms with Crippen LogP contribution in [-0.2, 0) is 0 Å². The molecule has 0 fully saturated rings. The van der Waals surface area contributed by atoms with Gasteiger partial charge in [0, 0.05) is 16.4 Å². The lowest BCUT2D eigenvalue weighted by Crippen LogP contribution is -2.26. The molecule has 1 aromatic rings. The van der Waals surface area contributed by atoms with E-state index in [2.05, 4.69) is 21.2 Å². The second-order valence-corrected chi connectivity index (χ2v) is 5.37. The largest absolute Gasteiger partial charge is 0.352 e. The van der Waals surface area contributed by atoms with Gasteiger partial charge in [0.25, 0.3) is 5.91 Å². The van der Waals surface area contributed by atoms with Crippen molar-refractivity contribution in [3.63, 3.8) is 0 Å². The first-order valence-electron chi connectivity index (χ1n) is 5.38. The summed E-state index contributed by atoms with van der Waals surface area (Å²) in [6.07, 6.45) is 1.60. The maximum absolute atomic E-state index is 13.4. The molecular weight excluding hydrogens is 308 g/mol. The third-order valence-electron chi connectivity index (χ3n) is 2.25. The number of rotatable bonds is 5. The predicted molar refractivity (Wildman–Crippen MR) is 71.0 cm³/mol. The third kappa shape index (κ3) is 4.64. The number of halogens is 3. The molecule has 0 radical (unpaired) electrons. The van der Waals surface area contributed by atoms with E-state index in [-0.39, 0.29) is 10.9 Å². The van der Waals surface area contributed by atoms with E-state index < -0.39 is 11.7 Å². The average Bonchev–Trinajstić information content (AvgIpc) is 2.24. The van der Waals surface area contributed by atoms with E-state index in [1.165, 1.54) is 6.07 Å². The first kappa shape index (κ1) is 14.5. The van der Waals surface area contributed by atoms with Crippen molar-refractivity contribution in [3.8, 4) is 0 Å². The summed E-state index contributed by atoms with van der Waals surface area (Å²) in [5.74, 6) is -0.931. The number of carbonyl (C=O) groups excluding carboxylic acids is 1. The van der Waals surface area contributed by atoms with Gasteiger partial charge in [-0.25, -0.2) is 4.39 Å². The number of hydrogen-bond acceptors (Lipinski definition) is 1. The SMILES string of the molecule is CC(Cl)CCCNC(=O)c1c(F)cccc1Br. The highest BCUT2D eigenvalue weighted by atomic mass is 79.9. The minimum absolute atomic E-state index is 0.0476. The van der Waals surface area contributed by atoms with Crippen molar-refractivity contribution in [3.05, 3.63) is 34.1 Å². The Morgan fingerprint density at radius 3 is 2.88 bits per heavy atom. The minimum atomic E-state index is -0.525. The van der Waals surface area contributed by atoms with E-state index in [1.807, 2.05) is 6.92 Å². The fourth-order valence-corrected chi connectivity index (χ4v) is 2.06. The van der Waals surface area contributed by atoms with Gasteiger partial charge in [-0.1, -0.05) is 6.07 Å². The highest BCUT2D eigenvalue weighted by Crippen LogP contribution is 2.19. The van der Waals surface area contributed by atoms with Gasteiger partial charge in [0.05, 0.1) is 5.56 Å². The van der Waals surface area contributed by atoms with E-state index in [4.69, 9.17) is 11.6 Å². The Labute approximate surface area is 114 Å². The van der Waals surface area contributed by atoms with Crippen LogP contribution in [0.5, 0.6) is 0 Å². The van der Waals surface area contributed by atoms with Crippen molar-refractivity contribution in [1.29, 1.82) is 0 Å². The number of carbonyl (C=O) groups is 1.